The van der Waals surface area contributed by atoms with Gasteiger partial charge in [0.1, 0.15) is 0 Å². The van der Waals surface area contributed by atoms with Crippen molar-refractivity contribution in [1.29, 1.82) is 0 Å². The number of likely N-dealkylation sites (N-methyl/N-ethyl adjacent to an activating group) is 2. The summed E-state index contributed by atoms with van der Waals surface area (Å²) in [6.07, 6.45) is 0. The molecule has 19 heavy (non-hydrogen) atoms. The first-order chi connectivity index (χ1) is 8.99. The maximum atomic E-state index is 10.8. The summed E-state index contributed by atoms with van der Waals surface area (Å²) >= 11 is 0. The van der Waals surface area contributed by atoms with Gasteiger partial charge in [-0.05, 0) is 31.8 Å². The molecule has 1 N–H and O–H groups in total. The van der Waals surface area contributed by atoms with Gasteiger partial charge in [0.15, 0.2) is 5.82 Å². The molecule has 1 aromatic heterocycles. The zero-order valence-corrected chi connectivity index (χ0v) is 11.3. The summed E-state index contributed by atoms with van der Waals surface area (Å²) in [6.45, 7) is 1.76. The van der Waals surface area contributed by atoms with Crippen LogP contribution in [0.25, 0.3) is 10.9 Å². The Hall–Kier alpha value is -2.08. The molecule has 0 aliphatic carbocycles. The van der Waals surface area contributed by atoms with E-state index < -0.39 is 5.97 Å². The molecule has 0 saturated carbocycles. The molecule has 0 amide bonds. The largest absolute Gasteiger partial charge is 0.545 e. The minimum atomic E-state index is -1.18. The number of aromatic nitrogens is 2. The quantitative estimate of drug-likeness (QED) is 0.815. The molecule has 6 heteroatoms. The van der Waals surface area contributed by atoms with Gasteiger partial charge >= 0.3 is 0 Å². The molecule has 1 aromatic carbocycles. The van der Waals surface area contributed by atoms with E-state index in [9.17, 15) is 9.90 Å². The number of rotatable bonds is 5. The number of nitrogens with one attached hydrogen (secondary N) is 1. The lowest BCUT2D eigenvalue weighted by Gasteiger charge is -2.19. The van der Waals surface area contributed by atoms with Gasteiger partial charge in [0.05, 0.1) is 11.5 Å². The molecular formula is C13H17N4O2-. The predicted molar refractivity (Wildman–Crippen MR) is 72.2 cm³/mol. The summed E-state index contributed by atoms with van der Waals surface area (Å²) < 4.78 is 0. The van der Waals surface area contributed by atoms with E-state index in [1.54, 1.807) is 12.1 Å². The molecule has 1 heterocycles. The molecule has 0 radical (unpaired) electrons. The van der Waals surface area contributed by atoms with Crippen molar-refractivity contribution >= 4 is 22.7 Å². The first-order valence-electron chi connectivity index (χ1n) is 6.04. The van der Waals surface area contributed by atoms with Gasteiger partial charge in [-0.25, -0.2) is 0 Å². The second-order valence-corrected chi connectivity index (χ2v) is 4.82. The molecule has 2 aromatic rings. The number of carboxylic acid groups (broad SMARTS) is 1. The minimum absolute atomic E-state index is 0.152. The SMILES string of the molecule is CN(C)CCN(C)c1n[nH]c2cc(C(=O)[O-])ccc12. The summed E-state index contributed by atoms with van der Waals surface area (Å²) in [4.78, 5) is 14.9. The number of carboxylic acids is 1. The Morgan fingerprint density at radius 3 is 2.68 bits per heavy atom. The van der Waals surface area contributed by atoms with Crippen LogP contribution in [-0.4, -0.2) is 55.3 Å². The normalized spacial score (nSPS) is 11.2. The van der Waals surface area contributed by atoms with Crippen LogP contribution >= 0.6 is 0 Å². The number of benzene rings is 1. The molecule has 0 bridgehead atoms. The molecule has 0 spiro atoms. The fourth-order valence-electron chi connectivity index (χ4n) is 1.88. The number of aromatic amines is 1. The summed E-state index contributed by atoms with van der Waals surface area (Å²) in [7, 11) is 6.00. The molecule has 102 valence electrons. The van der Waals surface area contributed by atoms with E-state index in [1.165, 1.54) is 6.07 Å². The van der Waals surface area contributed by atoms with Crippen molar-refractivity contribution in [1.82, 2.24) is 15.1 Å². The molecule has 2 rings (SSSR count). The van der Waals surface area contributed by atoms with Gasteiger partial charge in [0.25, 0.3) is 0 Å². The third-order valence-corrected chi connectivity index (χ3v) is 3.02. The van der Waals surface area contributed by atoms with Crippen LogP contribution < -0.4 is 10.0 Å². The summed E-state index contributed by atoms with van der Waals surface area (Å²) in [5, 5.41) is 18.8. The van der Waals surface area contributed by atoms with Gasteiger partial charge < -0.3 is 19.7 Å². The van der Waals surface area contributed by atoms with Crippen LogP contribution in [0.1, 0.15) is 10.4 Å². The average molecular weight is 261 g/mol. The number of nitrogens with zero attached hydrogens (tertiary/aromatic N) is 3. The van der Waals surface area contributed by atoms with Crippen LogP contribution in [0.5, 0.6) is 0 Å². The van der Waals surface area contributed by atoms with Crippen molar-refractivity contribution in [2.45, 2.75) is 0 Å². The molecule has 0 saturated heterocycles. The van der Waals surface area contributed by atoms with Gasteiger partial charge in [0, 0.05) is 25.5 Å². The zero-order valence-electron chi connectivity index (χ0n) is 11.3. The highest BCUT2D eigenvalue weighted by molar-refractivity contribution is 5.96. The first-order valence-corrected chi connectivity index (χ1v) is 6.04. The van der Waals surface area contributed by atoms with E-state index >= 15 is 0 Å². The minimum Gasteiger partial charge on any atom is -0.545 e. The van der Waals surface area contributed by atoms with Gasteiger partial charge in [-0.1, -0.05) is 6.07 Å². The lowest BCUT2D eigenvalue weighted by atomic mass is 10.1. The number of aromatic carboxylic acids is 1. The lowest BCUT2D eigenvalue weighted by molar-refractivity contribution is -0.255. The maximum Gasteiger partial charge on any atom is 0.158 e. The van der Waals surface area contributed by atoms with E-state index in [2.05, 4.69) is 15.1 Å². The van der Waals surface area contributed by atoms with E-state index in [0.29, 0.717) is 5.52 Å². The Morgan fingerprint density at radius 2 is 2.05 bits per heavy atom. The molecule has 0 fully saturated rings. The summed E-state index contributed by atoms with van der Waals surface area (Å²) in [5.41, 5.74) is 0.854. The third-order valence-electron chi connectivity index (χ3n) is 3.02. The number of anilines is 1. The zero-order chi connectivity index (χ0) is 14.0. The fourth-order valence-corrected chi connectivity index (χ4v) is 1.88. The Balaban J connectivity index is 2.27. The predicted octanol–water partition coefficient (Wildman–Crippen LogP) is -0.0758. The highest BCUT2D eigenvalue weighted by Gasteiger charge is 2.10. The Kier molecular flexibility index (Phi) is 3.71. The Labute approximate surface area is 111 Å². The first kappa shape index (κ1) is 13.4. The van der Waals surface area contributed by atoms with Crippen LogP contribution in [0.2, 0.25) is 0 Å². The van der Waals surface area contributed by atoms with E-state index in [1.807, 2.05) is 26.0 Å². The molecule has 0 unspecified atom stereocenters. The second kappa shape index (κ2) is 5.27. The third kappa shape index (κ3) is 2.85. The summed E-state index contributed by atoms with van der Waals surface area (Å²) in [6, 6.07) is 4.84. The molecule has 6 nitrogen and oxygen atoms in total. The van der Waals surface area contributed by atoms with Gasteiger partial charge in [-0.2, -0.15) is 5.10 Å². The standard InChI is InChI=1S/C13H18N4O2/c1-16(2)6-7-17(3)12-10-5-4-9(13(18)19)8-11(10)14-15-12/h4-5,8H,6-7H2,1-3H3,(H,14,15)(H,18,19)/p-1. The Bertz CT molecular complexity index is 591. The Morgan fingerprint density at radius 1 is 1.32 bits per heavy atom. The monoisotopic (exact) mass is 261 g/mol. The molecular weight excluding hydrogens is 244 g/mol. The maximum absolute atomic E-state index is 10.8. The topological polar surface area (TPSA) is 75.3 Å². The highest BCUT2D eigenvalue weighted by atomic mass is 16.4. The lowest BCUT2D eigenvalue weighted by Crippen LogP contribution is -2.28. The molecule has 0 aliphatic heterocycles. The van der Waals surface area contributed by atoms with Crippen LogP contribution in [-0.2, 0) is 0 Å². The van der Waals surface area contributed by atoms with Crippen molar-refractivity contribution in [3.05, 3.63) is 23.8 Å². The van der Waals surface area contributed by atoms with Crippen molar-refractivity contribution in [3.63, 3.8) is 0 Å². The van der Waals surface area contributed by atoms with Crippen LogP contribution in [0, 0.1) is 0 Å². The second-order valence-electron chi connectivity index (χ2n) is 4.82. The summed E-state index contributed by atoms with van der Waals surface area (Å²) in [5.74, 6) is -0.360. The van der Waals surface area contributed by atoms with Gasteiger partial charge in [-0.15, -0.1) is 0 Å². The van der Waals surface area contributed by atoms with Crippen molar-refractivity contribution in [2.24, 2.45) is 0 Å². The number of carbonyl (C=O) groups excluding carboxylic acids is 1. The van der Waals surface area contributed by atoms with Crippen LogP contribution in [0.3, 0.4) is 0 Å². The number of hydrogen-bond donors (Lipinski definition) is 1. The van der Waals surface area contributed by atoms with Crippen LogP contribution in [0.15, 0.2) is 18.2 Å². The van der Waals surface area contributed by atoms with Gasteiger partial charge in [0.2, 0.25) is 0 Å². The van der Waals surface area contributed by atoms with E-state index in [-0.39, 0.29) is 5.56 Å². The number of fused-ring (bicyclic) bond motifs is 1. The molecule has 0 atom stereocenters. The number of carbonyl (C=O) groups is 1. The van der Waals surface area contributed by atoms with Crippen molar-refractivity contribution < 1.29 is 9.90 Å². The van der Waals surface area contributed by atoms with Crippen LogP contribution in [0.4, 0.5) is 5.82 Å². The van der Waals surface area contributed by atoms with Crippen molar-refractivity contribution in [3.8, 4) is 0 Å². The van der Waals surface area contributed by atoms with Crippen molar-refractivity contribution in [2.75, 3.05) is 39.1 Å². The number of hydrogen-bond acceptors (Lipinski definition) is 5. The fraction of sp³-hybridized carbons (Fsp3) is 0.385. The smallest absolute Gasteiger partial charge is 0.158 e. The number of H-pyrrole nitrogens is 1. The van der Waals surface area contributed by atoms with E-state index in [0.717, 1.165) is 24.3 Å². The highest BCUT2D eigenvalue weighted by Crippen LogP contribution is 2.23. The van der Waals surface area contributed by atoms with Gasteiger partial charge in [-0.3, -0.25) is 5.10 Å². The molecule has 0 aliphatic rings. The van der Waals surface area contributed by atoms with E-state index in [4.69, 9.17) is 0 Å². The average Bonchev–Trinajstić information content (AvgIpc) is 2.78.